The van der Waals surface area contributed by atoms with Gasteiger partial charge >= 0.3 is 0 Å². The third-order valence-corrected chi connectivity index (χ3v) is 6.60. The zero-order valence-corrected chi connectivity index (χ0v) is 20.4. The lowest BCUT2D eigenvalue weighted by atomic mass is 9.96. The maximum absolute atomic E-state index is 12.3. The van der Waals surface area contributed by atoms with Gasteiger partial charge in [0.25, 0.3) is 5.91 Å². The number of carbonyl (C=O) groups excluding carboxylic acids is 1. The number of fused-ring (bicyclic) bond motifs is 1. The van der Waals surface area contributed by atoms with Gasteiger partial charge in [0, 0.05) is 44.5 Å². The van der Waals surface area contributed by atoms with E-state index in [4.69, 9.17) is 5.10 Å². The van der Waals surface area contributed by atoms with Crippen molar-refractivity contribution in [3.05, 3.63) is 113 Å². The molecular formula is C30H30N4O2. The van der Waals surface area contributed by atoms with Gasteiger partial charge in [-0.3, -0.25) is 19.6 Å². The number of nitrogens with zero attached hydrogens (tertiary/aromatic N) is 4. The molecule has 36 heavy (non-hydrogen) atoms. The van der Waals surface area contributed by atoms with E-state index in [0.29, 0.717) is 10.8 Å². The second-order valence-electron chi connectivity index (χ2n) is 9.17. The minimum atomic E-state index is -0.477. The third-order valence-electron chi connectivity index (χ3n) is 6.60. The zero-order chi connectivity index (χ0) is 24.9. The van der Waals surface area contributed by atoms with Crippen LogP contribution in [0.4, 0.5) is 5.69 Å². The van der Waals surface area contributed by atoms with Crippen molar-refractivity contribution in [2.75, 3.05) is 18.2 Å². The summed E-state index contributed by atoms with van der Waals surface area (Å²) >= 11 is 0. The van der Waals surface area contributed by atoms with Gasteiger partial charge in [-0.05, 0) is 53.3 Å². The third kappa shape index (κ3) is 5.46. The molecule has 6 nitrogen and oxygen atoms in total. The summed E-state index contributed by atoms with van der Waals surface area (Å²) in [5.41, 5.74) is 7.54. The SMILES string of the molecule is Cn1cc(CCN2CCc3cc(/C=C/C(=O)N(O)c4ccccc4)ccc3C2)c(-c2ccccc2)n1. The van der Waals surface area contributed by atoms with E-state index in [0.717, 1.165) is 49.3 Å². The largest absolute Gasteiger partial charge is 0.298 e. The van der Waals surface area contributed by atoms with E-state index < -0.39 is 5.91 Å². The van der Waals surface area contributed by atoms with Gasteiger partial charge in [0.1, 0.15) is 0 Å². The van der Waals surface area contributed by atoms with Crippen LogP contribution in [0.1, 0.15) is 22.3 Å². The Hall–Kier alpha value is -4.00. The van der Waals surface area contributed by atoms with Crippen LogP contribution in [0.25, 0.3) is 17.3 Å². The molecule has 0 fully saturated rings. The number of hydrogen-bond acceptors (Lipinski definition) is 4. The van der Waals surface area contributed by atoms with E-state index >= 15 is 0 Å². The Morgan fingerprint density at radius 1 is 1.03 bits per heavy atom. The van der Waals surface area contributed by atoms with Crippen molar-refractivity contribution in [1.82, 2.24) is 14.7 Å². The van der Waals surface area contributed by atoms with Crippen LogP contribution in [-0.2, 0) is 31.2 Å². The van der Waals surface area contributed by atoms with Crippen molar-refractivity contribution >= 4 is 17.7 Å². The Bertz CT molecular complexity index is 1360. The molecule has 0 saturated heterocycles. The molecule has 4 aromatic rings. The molecule has 0 unspecified atom stereocenters. The Morgan fingerprint density at radius 2 is 1.78 bits per heavy atom. The highest BCUT2D eigenvalue weighted by molar-refractivity contribution is 6.02. The first-order valence-electron chi connectivity index (χ1n) is 12.2. The molecule has 1 aliphatic heterocycles. The number of hydrogen-bond donors (Lipinski definition) is 1. The van der Waals surface area contributed by atoms with E-state index in [1.165, 1.54) is 22.8 Å². The van der Waals surface area contributed by atoms with Crippen molar-refractivity contribution in [1.29, 1.82) is 0 Å². The Labute approximate surface area is 211 Å². The van der Waals surface area contributed by atoms with E-state index in [2.05, 4.69) is 47.5 Å². The lowest BCUT2D eigenvalue weighted by Crippen LogP contribution is -2.32. The number of amides is 1. The van der Waals surface area contributed by atoms with E-state index in [1.54, 1.807) is 30.3 Å². The summed E-state index contributed by atoms with van der Waals surface area (Å²) in [7, 11) is 1.98. The van der Waals surface area contributed by atoms with Crippen LogP contribution in [-0.4, -0.2) is 38.9 Å². The number of para-hydroxylation sites is 1. The first kappa shape index (κ1) is 23.7. The van der Waals surface area contributed by atoms with Crippen molar-refractivity contribution in [3.8, 4) is 11.3 Å². The average Bonchev–Trinajstić information content (AvgIpc) is 3.31. The van der Waals surface area contributed by atoms with Crippen molar-refractivity contribution in [2.45, 2.75) is 19.4 Å². The van der Waals surface area contributed by atoms with E-state index in [-0.39, 0.29) is 0 Å². The van der Waals surface area contributed by atoms with Gasteiger partial charge in [0.05, 0.1) is 11.4 Å². The highest BCUT2D eigenvalue weighted by Gasteiger charge is 2.18. The maximum Gasteiger partial charge on any atom is 0.274 e. The number of aryl methyl sites for hydroxylation is 1. The fraction of sp³-hybridized carbons (Fsp3) is 0.200. The van der Waals surface area contributed by atoms with E-state index in [1.807, 2.05) is 29.9 Å². The van der Waals surface area contributed by atoms with Gasteiger partial charge in [-0.15, -0.1) is 0 Å². The summed E-state index contributed by atoms with van der Waals surface area (Å²) < 4.78 is 1.90. The summed E-state index contributed by atoms with van der Waals surface area (Å²) in [5.74, 6) is -0.477. The van der Waals surface area contributed by atoms with Crippen molar-refractivity contribution < 1.29 is 10.0 Å². The van der Waals surface area contributed by atoms with Crippen molar-refractivity contribution in [3.63, 3.8) is 0 Å². The molecule has 5 rings (SSSR count). The molecule has 0 bridgehead atoms. The van der Waals surface area contributed by atoms with Crippen LogP contribution in [0.2, 0.25) is 0 Å². The predicted molar refractivity (Wildman–Crippen MR) is 143 cm³/mol. The molecule has 182 valence electrons. The molecule has 1 N–H and O–H groups in total. The Balaban J connectivity index is 1.20. The predicted octanol–water partition coefficient (Wildman–Crippen LogP) is 5.12. The normalized spacial score (nSPS) is 13.6. The van der Waals surface area contributed by atoms with Gasteiger partial charge in [0.15, 0.2) is 0 Å². The highest BCUT2D eigenvalue weighted by Crippen LogP contribution is 2.25. The number of carbonyl (C=O) groups is 1. The molecule has 1 aliphatic rings. The number of rotatable bonds is 7. The van der Waals surface area contributed by atoms with Crippen LogP contribution in [0.5, 0.6) is 0 Å². The van der Waals surface area contributed by atoms with Gasteiger partial charge in [-0.25, -0.2) is 0 Å². The molecule has 0 saturated carbocycles. The van der Waals surface area contributed by atoms with Crippen LogP contribution in [0.15, 0.2) is 91.1 Å². The number of anilines is 1. The Morgan fingerprint density at radius 3 is 2.56 bits per heavy atom. The lowest BCUT2D eigenvalue weighted by molar-refractivity contribution is -0.118. The standard InChI is InChI=1S/C30H30N4O2/c1-32-21-27(30(31-32)24-8-4-2-5-9-24)17-19-33-18-16-25-20-23(12-14-26(25)22-33)13-15-29(35)34(36)28-10-6-3-7-11-28/h2-15,20-21,36H,16-19,22H2,1H3/b15-13+. The second-order valence-corrected chi connectivity index (χ2v) is 9.17. The average molecular weight is 479 g/mol. The number of hydroxylamine groups is 1. The fourth-order valence-corrected chi connectivity index (χ4v) is 4.70. The first-order chi connectivity index (χ1) is 17.6. The van der Waals surface area contributed by atoms with Crippen LogP contribution in [0, 0.1) is 0 Å². The van der Waals surface area contributed by atoms with Gasteiger partial charge in [0.2, 0.25) is 0 Å². The van der Waals surface area contributed by atoms with Crippen molar-refractivity contribution in [2.24, 2.45) is 7.05 Å². The highest BCUT2D eigenvalue weighted by atomic mass is 16.5. The maximum atomic E-state index is 12.3. The van der Waals surface area contributed by atoms with Gasteiger partial charge < -0.3 is 0 Å². The molecular weight excluding hydrogens is 448 g/mol. The first-order valence-corrected chi connectivity index (χ1v) is 12.2. The second kappa shape index (κ2) is 10.7. The smallest absolute Gasteiger partial charge is 0.274 e. The summed E-state index contributed by atoms with van der Waals surface area (Å²) in [6.07, 6.45) is 7.22. The monoisotopic (exact) mass is 478 g/mol. The molecule has 0 spiro atoms. The molecule has 0 radical (unpaired) electrons. The van der Waals surface area contributed by atoms with Gasteiger partial charge in [-0.2, -0.15) is 10.2 Å². The van der Waals surface area contributed by atoms with E-state index in [9.17, 15) is 10.0 Å². The van der Waals surface area contributed by atoms with Crippen LogP contribution >= 0.6 is 0 Å². The minimum absolute atomic E-state index is 0.444. The zero-order valence-electron chi connectivity index (χ0n) is 20.4. The minimum Gasteiger partial charge on any atom is -0.298 e. The quantitative estimate of drug-likeness (QED) is 0.227. The summed E-state index contributed by atoms with van der Waals surface area (Å²) in [6, 6.07) is 25.5. The van der Waals surface area contributed by atoms with Crippen LogP contribution < -0.4 is 5.06 Å². The van der Waals surface area contributed by atoms with Gasteiger partial charge in [-0.1, -0.05) is 66.7 Å². The topological polar surface area (TPSA) is 61.6 Å². The molecule has 0 atom stereocenters. The summed E-state index contributed by atoms with van der Waals surface area (Å²) in [4.78, 5) is 14.8. The van der Waals surface area contributed by atoms with Crippen LogP contribution in [0.3, 0.4) is 0 Å². The molecule has 2 heterocycles. The Kier molecular flexibility index (Phi) is 7.07. The molecule has 6 heteroatoms. The fourth-order valence-electron chi connectivity index (χ4n) is 4.70. The lowest BCUT2D eigenvalue weighted by Gasteiger charge is -2.29. The summed E-state index contributed by atoms with van der Waals surface area (Å²) in [6.45, 7) is 2.89. The summed E-state index contributed by atoms with van der Waals surface area (Å²) in [5, 5.41) is 15.5. The number of benzene rings is 3. The molecule has 1 amide bonds. The molecule has 3 aromatic carbocycles. The number of aromatic nitrogens is 2. The molecule has 0 aliphatic carbocycles. The molecule has 1 aromatic heterocycles.